The monoisotopic (exact) mass is 289 g/mol. The van der Waals surface area contributed by atoms with Gasteiger partial charge in [-0.15, -0.1) is 0 Å². The van der Waals surface area contributed by atoms with E-state index in [4.69, 9.17) is 4.74 Å². The highest BCUT2D eigenvalue weighted by Gasteiger charge is 2.15. The van der Waals surface area contributed by atoms with E-state index in [1.54, 1.807) is 12.1 Å². The first kappa shape index (κ1) is 15.2. The number of nitrogens with zero attached hydrogens (tertiary/aromatic N) is 2. The Morgan fingerprint density at radius 1 is 1.24 bits per heavy atom. The van der Waals surface area contributed by atoms with Crippen LogP contribution in [0.4, 0.5) is 10.2 Å². The van der Waals surface area contributed by atoms with Crippen molar-refractivity contribution in [3.05, 3.63) is 35.9 Å². The van der Waals surface area contributed by atoms with Gasteiger partial charge in [0.1, 0.15) is 23.7 Å². The molecule has 2 rings (SSSR count). The van der Waals surface area contributed by atoms with Crippen molar-refractivity contribution in [1.29, 1.82) is 0 Å². The molecule has 21 heavy (non-hydrogen) atoms. The molecule has 0 aliphatic heterocycles. The SMILES string of the molecule is CCCc1c(NCC)ncnc1-c1ccc(OC)cc1F. The van der Waals surface area contributed by atoms with Crippen LogP contribution in [0.1, 0.15) is 25.8 Å². The molecule has 0 saturated heterocycles. The number of hydrogen-bond donors (Lipinski definition) is 1. The van der Waals surface area contributed by atoms with Gasteiger partial charge < -0.3 is 10.1 Å². The van der Waals surface area contributed by atoms with E-state index in [9.17, 15) is 4.39 Å². The Labute approximate surface area is 124 Å². The second-order valence-electron chi connectivity index (χ2n) is 4.68. The maximum absolute atomic E-state index is 14.3. The largest absolute Gasteiger partial charge is 0.497 e. The van der Waals surface area contributed by atoms with Gasteiger partial charge in [0.2, 0.25) is 0 Å². The van der Waals surface area contributed by atoms with Crippen molar-refractivity contribution in [2.45, 2.75) is 26.7 Å². The summed E-state index contributed by atoms with van der Waals surface area (Å²) in [7, 11) is 1.52. The van der Waals surface area contributed by atoms with E-state index < -0.39 is 0 Å². The molecule has 0 amide bonds. The molecule has 1 N–H and O–H groups in total. The topological polar surface area (TPSA) is 47.0 Å². The van der Waals surface area contributed by atoms with E-state index in [2.05, 4.69) is 22.2 Å². The van der Waals surface area contributed by atoms with Gasteiger partial charge in [-0.2, -0.15) is 0 Å². The van der Waals surface area contributed by atoms with Crippen LogP contribution >= 0.6 is 0 Å². The molecule has 0 unspecified atom stereocenters. The number of aromatic nitrogens is 2. The average Bonchev–Trinajstić information content (AvgIpc) is 2.49. The van der Waals surface area contributed by atoms with Crippen molar-refractivity contribution in [1.82, 2.24) is 9.97 Å². The number of halogens is 1. The summed E-state index contributed by atoms with van der Waals surface area (Å²) in [4.78, 5) is 8.56. The second kappa shape index (κ2) is 7.02. The van der Waals surface area contributed by atoms with Crippen LogP contribution in [0.3, 0.4) is 0 Å². The molecule has 2 aromatic rings. The normalized spacial score (nSPS) is 10.5. The zero-order valence-electron chi connectivity index (χ0n) is 12.6. The molecule has 1 aromatic heterocycles. The third-order valence-electron chi connectivity index (χ3n) is 3.22. The highest BCUT2D eigenvalue weighted by Crippen LogP contribution is 2.30. The van der Waals surface area contributed by atoms with Crippen LogP contribution in [0.25, 0.3) is 11.3 Å². The molecule has 1 heterocycles. The fourth-order valence-electron chi connectivity index (χ4n) is 2.27. The summed E-state index contributed by atoms with van der Waals surface area (Å²) < 4.78 is 19.3. The summed E-state index contributed by atoms with van der Waals surface area (Å²) in [5.41, 5.74) is 2.06. The highest BCUT2D eigenvalue weighted by molar-refractivity contribution is 5.69. The van der Waals surface area contributed by atoms with E-state index >= 15 is 0 Å². The minimum Gasteiger partial charge on any atom is -0.497 e. The smallest absolute Gasteiger partial charge is 0.136 e. The first-order valence-electron chi connectivity index (χ1n) is 7.12. The highest BCUT2D eigenvalue weighted by atomic mass is 19.1. The first-order chi connectivity index (χ1) is 10.2. The molecule has 0 bridgehead atoms. The van der Waals surface area contributed by atoms with Gasteiger partial charge in [-0.1, -0.05) is 13.3 Å². The van der Waals surface area contributed by atoms with Crippen LogP contribution in [0.15, 0.2) is 24.5 Å². The van der Waals surface area contributed by atoms with Crippen LogP contribution < -0.4 is 10.1 Å². The number of rotatable bonds is 6. The Morgan fingerprint density at radius 2 is 2.05 bits per heavy atom. The molecule has 0 spiro atoms. The predicted octanol–water partition coefficient (Wildman–Crippen LogP) is 3.68. The summed E-state index contributed by atoms with van der Waals surface area (Å²) >= 11 is 0. The minimum absolute atomic E-state index is 0.340. The quantitative estimate of drug-likeness (QED) is 0.881. The minimum atomic E-state index is -0.340. The van der Waals surface area contributed by atoms with E-state index in [-0.39, 0.29) is 5.82 Å². The zero-order chi connectivity index (χ0) is 15.2. The average molecular weight is 289 g/mol. The Hall–Kier alpha value is -2.17. The third kappa shape index (κ3) is 3.29. The molecule has 112 valence electrons. The van der Waals surface area contributed by atoms with Crippen molar-refractivity contribution in [3.63, 3.8) is 0 Å². The number of hydrogen-bond acceptors (Lipinski definition) is 4. The molecule has 0 fully saturated rings. The van der Waals surface area contributed by atoms with Gasteiger partial charge >= 0.3 is 0 Å². The Kier molecular flexibility index (Phi) is 5.09. The fourth-order valence-corrected chi connectivity index (χ4v) is 2.27. The van der Waals surface area contributed by atoms with E-state index in [0.29, 0.717) is 17.0 Å². The molecule has 5 heteroatoms. The van der Waals surface area contributed by atoms with Crippen LogP contribution in [-0.4, -0.2) is 23.6 Å². The van der Waals surface area contributed by atoms with Gasteiger partial charge in [0.15, 0.2) is 0 Å². The van der Waals surface area contributed by atoms with Crippen molar-refractivity contribution < 1.29 is 9.13 Å². The molecule has 0 aliphatic carbocycles. The molecular weight excluding hydrogens is 269 g/mol. The van der Waals surface area contributed by atoms with Crippen LogP contribution in [0.5, 0.6) is 5.75 Å². The molecule has 0 radical (unpaired) electrons. The van der Waals surface area contributed by atoms with Crippen LogP contribution in [0.2, 0.25) is 0 Å². The third-order valence-corrected chi connectivity index (χ3v) is 3.22. The maximum atomic E-state index is 14.3. The molecule has 1 aromatic carbocycles. The van der Waals surface area contributed by atoms with Gasteiger partial charge in [0.25, 0.3) is 0 Å². The molecule has 0 atom stereocenters. The standard InChI is InChI=1S/C16H20FN3O/c1-4-6-13-15(19-10-20-16(13)18-5-2)12-8-7-11(21-3)9-14(12)17/h7-10H,4-6H2,1-3H3,(H,18,19,20). The molecule has 0 saturated carbocycles. The number of methoxy groups -OCH3 is 1. The summed E-state index contributed by atoms with van der Waals surface area (Å²) in [5, 5.41) is 3.21. The van der Waals surface area contributed by atoms with Crippen molar-refractivity contribution in [2.75, 3.05) is 19.0 Å². The second-order valence-corrected chi connectivity index (χ2v) is 4.68. The number of nitrogens with one attached hydrogen (secondary N) is 1. The van der Waals surface area contributed by atoms with Gasteiger partial charge in [-0.25, -0.2) is 14.4 Å². The van der Waals surface area contributed by atoms with Gasteiger partial charge in [0, 0.05) is 23.7 Å². The fraction of sp³-hybridized carbons (Fsp3) is 0.375. The molecule has 4 nitrogen and oxygen atoms in total. The van der Waals surface area contributed by atoms with Gasteiger partial charge in [0.05, 0.1) is 12.8 Å². The van der Waals surface area contributed by atoms with Crippen LogP contribution in [0, 0.1) is 5.82 Å². The maximum Gasteiger partial charge on any atom is 0.136 e. The van der Waals surface area contributed by atoms with E-state index in [1.807, 2.05) is 6.92 Å². The lowest BCUT2D eigenvalue weighted by Gasteiger charge is -2.14. The number of ether oxygens (including phenoxy) is 1. The lowest BCUT2D eigenvalue weighted by molar-refractivity contribution is 0.411. The van der Waals surface area contributed by atoms with E-state index in [1.165, 1.54) is 19.5 Å². The van der Waals surface area contributed by atoms with Crippen molar-refractivity contribution in [3.8, 4) is 17.0 Å². The van der Waals surface area contributed by atoms with Crippen LogP contribution in [-0.2, 0) is 6.42 Å². The van der Waals surface area contributed by atoms with Crippen molar-refractivity contribution in [2.24, 2.45) is 0 Å². The Morgan fingerprint density at radius 3 is 2.67 bits per heavy atom. The van der Waals surface area contributed by atoms with Gasteiger partial charge in [-0.05, 0) is 25.5 Å². The lowest BCUT2D eigenvalue weighted by atomic mass is 10.0. The molecule has 0 aliphatic rings. The lowest BCUT2D eigenvalue weighted by Crippen LogP contribution is -2.07. The summed E-state index contributed by atoms with van der Waals surface area (Å²) in [6.07, 6.45) is 3.21. The first-order valence-corrected chi connectivity index (χ1v) is 7.12. The zero-order valence-corrected chi connectivity index (χ0v) is 12.6. The summed E-state index contributed by atoms with van der Waals surface area (Å²) in [6, 6.07) is 4.81. The summed E-state index contributed by atoms with van der Waals surface area (Å²) in [6.45, 7) is 4.85. The Balaban J connectivity index is 2.54. The summed E-state index contributed by atoms with van der Waals surface area (Å²) in [5.74, 6) is 0.932. The van der Waals surface area contributed by atoms with E-state index in [0.717, 1.165) is 30.8 Å². The van der Waals surface area contributed by atoms with Crippen molar-refractivity contribution >= 4 is 5.82 Å². The Bertz CT molecular complexity index is 616. The molecular formula is C16H20FN3O. The number of anilines is 1. The number of benzene rings is 1. The van der Waals surface area contributed by atoms with Gasteiger partial charge in [-0.3, -0.25) is 0 Å². The predicted molar refractivity (Wildman–Crippen MR) is 82.1 cm³/mol.